The maximum atomic E-state index is 12.8. The van der Waals surface area contributed by atoms with Gasteiger partial charge in [-0.2, -0.15) is 0 Å². The number of carbonyl (C=O) groups excluding carboxylic acids is 2. The van der Waals surface area contributed by atoms with Gasteiger partial charge in [0, 0.05) is 38.1 Å². The topological polar surface area (TPSA) is 66.4 Å². The highest BCUT2D eigenvalue weighted by molar-refractivity contribution is 5.93. The van der Waals surface area contributed by atoms with Gasteiger partial charge in [0.25, 0.3) is 5.91 Å². The van der Waals surface area contributed by atoms with Crippen molar-refractivity contribution in [2.24, 2.45) is 7.05 Å². The molecule has 3 amide bonds. The first kappa shape index (κ1) is 16.0. The van der Waals surface area contributed by atoms with Gasteiger partial charge in [0.2, 0.25) is 0 Å². The minimum absolute atomic E-state index is 0.0363. The predicted octanol–water partition coefficient (Wildman–Crippen LogP) is 2.20. The number of nitrogens with zero attached hydrogens (tertiary/aromatic N) is 2. The molecule has 1 saturated heterocycles. The highest BCUT2D eigenvalue weighted by Gasteiger charge is 2.28. The van der Waals surface area contributed by atoms with Gasteiger partial charge in [-0.3, -0.25) is 4.79 Å². The molecule has 0 radical (unpaired) electrons. The smallest absolute Gasteiger partial charge is 0.319 e. The molecule has 1 aromatic carbocycles. The van der Waals surface area contributed by atoms with E-state index in [-0.39, 0.29) is 23.8 Å². The Labute approximate surface area is 139 Å². The molecule has 2 aromatic rings. The molecule has 1 aliphatic rings. The molecular weight excluding hydrogens is 311 g/mol. The van der Waals surface area contributed by atoms with Crippen molar-refractivity contribution in [1.82, 2.24) is 14.8 Å². The van der Waals surface area contributed by atoms with Crippen LogP contribution in [0.4, 0.5) is 14.9 Å². The largest absolute Gasteiger partial charge is 0.347 e. The van der Waals surface area contributed by atoms with Crippen molar-refractivity contribution in [3.63, 3.8) is 0 Å². The zero-order valence-electron chi connectivity index (χ0n) is 13.3. The summed E-state index contributed by atoms with van der Waals surface area (Å²) in [5.41, 5.74) is 1.15. The molecule has 7 heteroatoms. The number of hydrogen-bond acceptors (Lipinski definition) is 2. The van der Waals surface area contributed by atoms with Crippen molar-refractivity contribution in [2.45, 2.75) is 12.5 Å². The maximum Gasteiger partial charge on any atom is 0.319 e. The van der Waals surface area contributed by atoms with E-state index in [0.29, 0.717) is 30.9 Å². The average Bonchev–Trinajstić information content (AvgIpc) is 3.18. The summed E-state index contributed by atoms with van der Waals surface area (Å²) in [5.74, 6) is -0.391. The molecular formula is C17H19FN4O2. The summed E-state index contributed by atoms with van der Waals surface area (Å²) < 4.78 is 14.6. The molecule has 3 rings (SSSR count). The Hall–Kier alpha value is -2.83. The molecule has 1 aliphatic heterocycles. The lowest BCUT2D eigenvalue weighted by atomic mass is 10.2. The van der Waals surface area contributed by atoms with Gasteiger partial charge in [0.15, 0.2) is 0 Å². The summed E-state index contributed by atoms with van der Waals surface area (Å²) in [6.07, 6.45) is 2.53. The van der Waals surface area contributed by atoms with Crippen LogP contribution in [0.3, 0.4) is 0 Å². The average molecular weight is 330 g/mol. The molecule has 0 bridgehead atoms. The standard InChI is InChI=1S/C17H19FN4O2/c1-21-9-2-3-15(21)16(23)22-10-8-14(11-22)20-17(24)19-13-6-4-12(18)5-7-13/h2-7,9,14H,8,10-11H2,1H3,(H2,19,20,24)/t14-/m0/s1. The summed E-state index contributed by atoms with van der Waals surface area (Å²) in [7, 11) is 1.83. The van der Waals surface area contributed by atoms with Crippen LogP contribution < -0.4 is 10.6 Å². The fourth-order valence-electron chi connectivity index (χ4n) is 2.79. The molecule has 0 unspecified atom stereocenters. The van der Waals surface area contributed by atoms with E-state index in [1.807, 2.05) is 19.3 Å². The lowest BCUT2D eigenvalue weighted by molar-refractivity contribution is 0.0780. The molecule has 0 spiro atoms. The number of urea groups is 1. The summed E-state index contributed by atoms with van der Waals surface area (Å²) >= 11 is 0. The zero-order chi connectivity index (χ0) is 17.1. The third-order valence-electron chi connectivity index (χ3n) is 4.08. The summed E-state index contributed by atoms with van der Waals surface area (Å²) in [5, 5.41) is 5.49. The van der Waals surface area contributed by atoms with Crippen LogP contribution in [-0.2, 0) is 7.05 Å². The van der Waals surface area contributed by atoms with Gasteiger partial charge in [-0.15, -0.1) is 0 Å². The first-order valence-electron chi connectivity index (χ1n) is 7.76. The van der Waals surface area contributed by atoms with Gasteiger partial charge in [-0.25, -0.2) is 9.18 Å². The van der Waals surface area contributed by atoms with E-state index in [0.717, 1.165) is 0 Å². The summed E-state index contributed by atoms with van der Waals surface area (Å²) in [6, 6.07) is 8.70. The number of nitrogens with one attached hydrogen (secondary N) is 2. The molecule has 2 N–H and O–H groups in total. The predicted molar refractivity (Wildman–Crippen MR) is 88.3 cm³/mol. The first-order valence-corrected chi connectivity index (χ1v) is 7.76. The number of aryl methyl sites for hydroxylation is 1. The monoisotopic (exact) mass is 330 g/mol. The number of likely N-dealkylation sites (tertiary alicyclic amines) is 1. The third kappa shape index (κ3) is 3.56. The van der Waals surface area contributed by atoms with E-state index in [1.165, 1.54) is 24.3 Å². The van der Waals surface area contributed by atoms with E-state index < -0.39 is 0 Å². The van der Waals surface area contributed by atoms with Gasteiger partial charge in [-0.05, 0) is 42.8 Å². The molecule has 126 valence electrons. The molecule has 1 aromatic heterocycles. The van der Waals surface area contributed by atoms with Crippen molar-refractivity contribution in [2.75, 3.05) is 18.4 Å². The van der Waals surface area contributed by atoms with Crippen LogP contribution in [0.2, 0.25) is 0 Å². The SMILES string of the molecule is Cn1cccc1C(=O)N1CC[C@H](NC(=O)Nc2ccc(F)cc2)C1. The number of amides is 3. The number of anilines is 1. The Bertz CT molecular complexity index is 741. The fourth-order valence-corrected chi connectivity index (χ4v) is 2.79. The second-order valence-electron chi connectivity index (χ2n) is 5.85. The number of carbonyl (C=O) groups is 2. The summed E-state index contributed by atoms with van der Waals surface area (Å²) in [4.78, 5) is 26.1. The fraction of sp³-hybridized carbons (Fsp3) is 0.294. The number of hydrogen-bond donors (Lipinski definition) is 2. The first-order chi connectivity index (χ1) is 11.5. The van der Waals surface area contributed by atoms with Gasteiger partial charge >= 0.3 is 6.03 Å². The Balaban J connectivity index is 1.52. The van der Waals surface area contributed by atoms with Crippen LogP contribution in [0.25, 0.3) is 0 Å². The quantitative estimate of drug-likeness (QED) is 0.906. The van der Waals surface area contributed by atoms with Gasteiger partial charge < -0.3 is 20.1 Å². The molecule has 24 heavy (non-hydrogen) atoms. The van der Waals surface area contributed by atoms with Crippen LogP contribution in [0.5, 0.6) is 0 Å². The van der Waals surface area contributed by atoms with Crippen molar-refractivity contribution in [3.05, 3.63) is 54.1 Å². The highest BCUT2D eigenvalue weighted by atomic mass is 19.1. The maximum absolute atomic E-state index is 12.8. The molecule has 1 fully saturated rings. The Morgan fingerprint density at radius 1 is 1.21 bits per heavy atom. The Kier molecular flexibility index (Phi) is 4.50. The van der Waals surface area contributed by atoms with Gasteiger partial charge in [0.05, 0.1) is 0 Å². The Morgan fingerprint density at radius 3 is 2.62 bits per heavy atom. The van der Waals surface area contributed by atoms with Gasteiger partial charge in [0.1, 0.15) is 11.5 Å². The summed E-state index contributed by atoms with van der Waals surface area (Å²) in [6.45, 7) is 1.08. The molecule has 0 saturated carbocycles. The number of rotatable bonds is 3. The molecule has 1 atom stereocenters. The van der Waals surface area contributed by atoms with Gasteiger partial charge in [-0.1, -0.05) is 0 Å². The van der Waals surface area contributed by atoms with Crippen molar-refractivity contribution in [3.8, 4) is 0 Å². The highest BCUT2D eigenvalue weighted by Crippen LogP contribution is 2.14. The van der Waals surface area contributed by atoms with E-state index in [2.05, 4.69) is 10.6 Å². The van der Waals surface area contributed by atoms with Crippen LogP contribution in [0, 0.1) is 5.82 Å². The minimum Gasteiger partial charge on any atom is -0.347 e. The third-order valence-corrected chi connectivity index (χ3v) is 4.08. The number of aromatic nitrogens is 1. The van der Waals surface area contributed by atoms with E-state index in [4.69, 9.17) is 0 Å². The van der Waals surface area contributed by atoms with Crippen molar-refractivity contribution < 1.29 is 14.0 Å². The van der Waals surface area contributed by atoms with Crippen molar-refractivity contribution in [1.29, 1.82) is 0 Å². The molecule has 0 aliphatic carbocycles. The van der Waals surface area contributed by atoms with Crippen LogP contribution in [-0.4, -0.2) is 40.5 Å². The Morgan fingerprint density at radius 2 is 1.96 bits per heavy atom. The lowest BCUT2D eigenvalue weighted by Crippen LogP contribution is -2.40. The molecule has 2 heterocycles. The van der Waals surface area contributed by atoms with Crippen LogP contribution >= 0.6 is 0 Å². The van der Waals surface area contributed by atoms with Crippen molar-refractivity contribution >= 4 is 17.6 Å². The van der Waals surface area contributed by atoms with Crippen LogP contribution in [0.1, 0.15) is 16.9 Å². The minimum atomic E-state index is -0.361. The normalized spacial score (nSPS) is 16.9. The van der Waals surface area contributed by atoms with E-state index in [1.54, 1.807) is 15.5 Å². The lowest BCUT2D eigenvalue weighted by Gasteiger charge is -2.17. The zero-order valence-corrected chi connectivity index (χ0v) is 13.3. The van der Waals surface area contributed by atoms with Crippen LogP contribution in [0.15, 0.2) is 42.6 Å². The van der Waals surface area contributed by atoms with E-state index >= 15 is 0 Å². The number of halogens is 1. The second-order valence-corrected chi connectivity index (χ2v) is 5.85. The van der Waals surface area contributed by atoms with E-state index in [9.17, 15) is 14.0 Å². The number of benzene rings is 1. The molecule has 6 nitrogen and oxygen atoms in total. The second kappa shape index (κ2) is 6.74.